The third-order valence-corrected chi connectivity index (χ3v) is 1.000. The van der Waals surface area contributed by atoms with Gasteiger partial charge in [-0.05, 0) is 0 Å². The Labute approximate surface area is 35.2 Å². The first-order valence-electron chi connectivity index (χ1n) is 2.00. The van der Waals surface area contributed by atoms with Crippen molar-refractivity contribution in [2.24, 2.45) is 0 Å². The van der Waals surface area contributed by atoms with Gasteiger partial charge in [0.25, 0.3) is 0 Å². The Bertz CT molecular complexity index is 11.6. The molecule has 1 rings (SSSR count). The Morgan fingerprint density at radius 3 is 0.800 bits per heavy atom. The molecule has 5 heavy (non-hydrogen) atoms. The summed E-state index contributed by atoms with van der Waals surface area (Å²) < 4.78 is 0. The Kier molecular flexibility index (Phi) is 2.34. The van der Waals surface area contributed by atoms with Gasteiger partial charge in [0.15, 0.2) is 0 Å². The second-order valence-corrected chi connectivity index (χ2v) is 1.41. The highest BCUT2D eigenvalue weighted by atomic mass is 14.0. The largest absolute Gasteiger partial charge is 0.0814 e. The van der Waals surface area contributed by atoms with Crippen LogP contribution in [0.4, 0.5) is 0 Å². The van der Waals surface area contributed by atoms with E-state index in [4.69, 9.17) is 0 Å². The summed E-state index contributed by atoms with van der Waals surface area (Å²) in [7, 11) is 0. The van der Waals surface area contributed by atoms with E-state index in [2.05, 4.69) is 0 Å². The topological polar surface area (TPSA) is 0 Å². The van der Waals surface area contributed by atoms with Crippen LogP contribution < -0.4 is 0 Å². The maximum absolute atomic E-state index is 1.50. The fraction of sp³-hybridized carbons (Fsp3) is 1.00. The van der Waals surface area contributed by atoms with Gasteiger partial charge in [-0.1, -0.05) is 25.7 Å². The summed E-state index contributed by atoms with van der Waals surface area (Å²) in [5, 5.41) is 0. The van der Waals surface area contributed by atoms with Gasteiger partial charge in [0.05, 0.1) is 8.41 Å². The van der Waals surface area contributed by atoms with E-state index in [0.29, 0.717) is 0 Å². The lowest BCUT2D eigenvalue weighted by molar-refractivity contribution is 0.504. The summed E-state index contributed by atoms with van der Waals surface area (Å²) in [5.41, 5.74) is 0. The molecule has 0 bridgehead atoms. The molecule has 0 spiro atoms. The van der Waals surface area contributed by atoms with Crippen LogP contribution in [0.15, 0.2) is 0 Å². The SMILES string of the molecule is B.C1CCC1. The summed E-state index contributed by atoms with van der Waals surface area (Å²) in [5.74, 6) is 0. The lowest BCUT2D eigenvalue weighted by Gasteiger charge is -2.05. The predicted molar refractivity (Wildman–Crippen MR) is 28.4 cm³/mol. The molecule has 0 amide bonds. The molecule has 1 saturated carbocycles. The van der Waals surface area contributed by atoms with Crippen molar-refractivity contribution in [3.63, 3.8) is 0 Å². The Hall–Kier alpha value is 0.0649. The third-order valence-electron chi connectivity index (χ3n) is 1.000. The van der Waals surface area contributed by atoms with Crippen molar-refractivity contribution in [1.82, 2.24) is 0 Å². The normalized spacial score (nSPS) is 19.2. The molecule has 30 valence electrons. The molecule has 0 aromatic heterocycles. The fourth-order valence-electron chi connectivity index (χ4n) is 0.250. The molecule has 0 heterocycles. The second-order valence-electron chi connectivity index (χ2n) is 1.41. The van der Waals surface area contributed by atoms with Crippen LogP contribution in [0.2, 0.25) is 0 Å². The van der Waals surface area contributed by atoms with Gasteiger partial charge in [-0.3, -0.25) is 0 Å². The molecule has 1 heteroatoms. The lowest BCUT2D eigenvalue weighted by atomic mass is 10.0. The third kappa shape index (κ3) is 1.05. The van der Waals surface area contributed by atoms with Crippen LogP contribution in [0.1, 0.15) is 25.7 Å². The number of hydrogen-bond acceptors (Lipinski definition) is 0. The van der Waals surface area contributed by atoms with Crippen molar-refractivity contribution in [3.05, 3.63) is 0 Å². The zero-order chi connectivity index (χ0) is 2.83. The quantitative estimate of drug-likeness (QED) is 0.361. The molecule has 0 aromatic rings. The summed E-state index contributed by atoms with van der Waals surface area (Å²) in [6.07, 6.45) is 6.00. The van der Waals surface area contributed by atoms with Crippen molar-refractivity contribution in [1.29, 1.82) is 0 Å². The molecular weight excluding hydrogens is 58.9 g/mol. The molecule has 0 unspecified atom stereocenters. The van der Waals surface area contributed by atoms with Crippen molar-refractivity contribution in [2.45, 2.75) is 25.7 Å². The van der Waals surface area contributed by atoms with Gasteiger partial charge in [-0.2, -0.15) is 0 Å². The molecule has 1 fully saturated rings. The standard InChI is InChI=1S/C4H8.BH3/c1-2-4-3-1;/h1-4H2;1H3. The summed E-state index contributed by atoms with van der Waals surface area (Å²) >= 11 is 0. The maximum Gasteiger partial charge on any atom is 0.0814 e. The maximum atomic E-state index is 1.50. The van der Waals surface area contributed by atoms with Crippen LogP contribution in [0.3, 0.4) is 0 Å². The van der Waals surface area contributed by atoms with Gasteiger partial charge in [0.2, 0.25) is 0 Å². The average molecular weight is 69.9 g/mol. The second kappa shape index (κ2) is 2.31. The van der Waals surface area contributed by atoms with Crippen molar-refractivity contribution in [2.75, 3.05) is 0 Å². The van der Waals surface area contributed by atoms with Crippen LogP contribution in [0, 0.1) is 0 Å². The first-order chi connectivity index (χ1) is 2.00. The van der Waals surface area contributed by atoms with Crippen LogP contribution in [-0.4, -0.2) is 8.41 Å². The number of hydrogen-bond donors (Lipinski definition) is 0. The fourth-order valence-corrected chi connectivity index (χ4v) is 0.250. The van der Waals surface area contributed by atoms with E-state index in [1.54, 1.807) is 0 Å². The highest BCUT2D eigenvalue weighted by Gasteiger charge is 1.95. The van der Waals surface area contributed by atoms with Crippen LogP contribution >= 0.6 is 0 Å². The molecule has 0 saturated heterocycles. The Morgan fingerprint density at radius 1 is 0.600 bits per heavy atom. The zero-order valence-electron chi connectivity index (χ0n) is 2.83. The zero-order valence-corrected chi connectivity index (χ0v) is 2.83. The first kappa shape index (κ1) is 5.06. The minimum atomic E-state index is 0. The van der Waals surface area contributed by atoms with Crippen LogP contribution in [0.5, 0.6) is 0 Å². The van der Waals surface area contributed by atoms with Gasteiger partial charge in [0.1, 0.15) is 0 Å². The van der Waals surface area contributed by atoms with E-state index in [1.165, 1.54) is 25.7 Å². The lowest BCUT2D eigenvalue weighted by Crippen LogP contribution is -1.85. The molecule has 0 N–H and O–H groups in total. The van der Waals surface area contributed by atoms with E-state index in [0.717, 1.165) is 0 Å². The summed E-state index contributed by atoms with van der Waals surface area (Å²) in [4.78, 5) is 0. The van der Waals surface area contributed by atoms with Gasteiger partial charge in [-0.25, -0.2) is 0 Å². The van der Waals surface area contributed by atoms with Gasteiger partial charge >= 0.3 is 0 Å². The van der Waals surface area contributed by atoms with Crippen molar-refractivity contribution >= 4 is 8.41 Å². The van der Waals surface area contributed by atoms with E-state index >= 15 is 0 Å². The summed E-state index contributed by atoms with van der Waals surface area (Å²) in [6, 6.07) is 0. The van der Waals surface area contributed by atoms with E-state index in [1.807, 2.05) is 0 Å². The molecule has 0 nitrogen and oxygen atoms in total. The minimum absolute atomic E-state index is 0. The Morgan fingerprint density at radius 2 is 0.800 bits per heavy atom. The van der Waals surface area contributed by atoms with E-state index in [9.17, 15) is 0 Å². The van der Waals surface area contributed by atoms with Crippen molar-refractivity contribution in [3.8, 4) is 0 Å². The molecule has 1 aliphatic carbocycles. The highest BCUT2D eigenvalue weighted by Crippen LogP contribution is 2.15. The molecule has 0 aromatic carbocycles. The molecule has 0 aliphatic heterocycles. The highest BCUT2D eigenvalue weighted by molar-refractivity contribution is 5.75. The molecular formula is C4H11B. The molecule has 1 aliphatic rings. The minimum Gasteiger partial charge on any atom is -0.0533 e. The van der Waals surface area contributed by atoms with Crippen LogP contribution in [-0.2, 0) is 0 Å². The Balaban J connectivity index is 0.000000160. The predicted octanol–water partition coefficient (Wildman–Crippen LogP) is 0.377. The average Bonchev–Trinajstić information content (AvgIpc) is 0.722. The van der Waals surface area contributed by atoms with E-state index < -0.39 is 0 Å². The number of rotatable bonds is 0. The van der Waals surface area contributed by atoms with Gasteiger partial charge < -0.3 is 0 Å². The van der Waals surface area contributed by atoms with Gasteiger partial charge in [0, 0.05) is 0 Å². The first-order valence-corrected chi connectivity index (χ1v) is 2.00. The van der Waals surface area contributed by atoms with Crippen molar-refractivity contribution < 1.29 is 0 Å². The molecule has 0 radical (unpaired) electrons. The summed E-state index contributed by atoms with van der Waals surface area (Å²) in [6.45, 7) is 0. The smallest absolute Gasteiger partial charge is 0.0533 e. The monoisotopic (exact) mass is 70.1 g/mol. The van der Waals surface area contributed by atoms with E-state index in [-0.39, 0.29) is 8.41 Å². The van der Waals surface area contributed by atoms with Gasteiger partial charge in [-0.15, -0.1) is 0 Å². The van der Waals surface area contributed by atoms with Crippen LogP contribution in [0.25, 0.3) is 0 Å². The molecule has 0 atom stereocenters.